The maximum absolute atomic E-state index is 10.9. The molecule has 2 aromatic heterocycles. The zero-order valence-corrected chi connectivity index (χ0v) is 10.3. The van der Waals surface area contributed by atoms with Crippen molar-refractivity contribution in [2.75, 3.05) is 12.4 Å². The molecular weight excluding hydrogens is 240 g/mol. The summed E-state index contributed by atoms with van der Waals surface area (Å²) in [6.45, 7) is 2.30. The number of aromatic nitrogens is 3. The molecule has 0 radical (unpaired) electrons. The summed E-state index contributed by atoms with van der Waals surface area (Å²) in [6.07, 6.45) is 0. The second-order valence-electron chi connectivity index (χ2n) is 3.37. The Morgan fingerprint density at radius 1 is 1.53 bits per heavy atom. The molecule has 2 aromatic rings. The molecule has 17 heavy (non-hydrogen) atoms. The Labute approximate surface area is 102 Å². The number of aromatic amines is 1. The van der Waals surface area contributed by atoms with Gasteiger partial charge in [-0.05, 0) is 6.92 Å². The van der Waals surface area contributed by atoms with Crippen LogP contribution in [0.15, 0.2) is 16.2 Å². The predicted molar refractivity (Wildman–Crippen MR) is 65.6 cm³/mol. The van der Waals surface area contributed by atoms with Crippen LogP contribution in [0.4, 0.5) is 5.82 Å². The summed E-state index contributed by atoms with van der Waals surface area (Å²) >= 11 is 1.14. The number of methoxy groups -OCH3 is 1. The molecule has 7 heteroatoms. The Balaban J connectivity index is 2.08. The number of nitrogens with zero attached hydrogens (tertiary/aromatic N) is 2. The number of thiazole rings is 1. The summed E-state index contributed by atoms with van der Waals surface area (Å²) in [6, 6.07) is 1.71. The first-order valence-corrected chi connectivity index (χ1v) is 5.85. The molecule has 0 saturated carbocycles. The number of nitrogens with one attached hydrogen (secondary N) is 2. The lowest BCUT2D eigenvalue weighted by Crippen LogP contribution is -2.05. The van der Waals surface area contributed by atoms with Crippen molar-refractivity contribution in [1.29, 1.82) is 0 Å². The van der Waals surface area contributed by atoms with E-state index in [-0.39, 0.29) is 4.87 Å². The monoisotopic (exact) mass is 252 g/mol. The van der Waals surface area contributed by atoms with E-state index in [2.05, 4.69) is 20.3 Å². The van der Waals surface area contributed by atoms with Gasteiger partial charge in [0.15, 0.2) is 0 Å². The van der Waals surface area contributed by atoms with E-state index in [4.69, 9.17) is 4.74 Å². The average molecular weight is 252 g/mol. The minimum atomic E-state index is -0.0572. The number of anilines is 1. The van der Waals surface area contributed by atoms with Crippen molar-refractivity contribution in [1.82, 2.24) is 15.0 Å². The normalized spacial score (nSPS) is 10.2. The van der Waals surface area contributed by atoms with Gasteiger partial charge in [0, 0.05) is 17.1 Å². The lowest BCUT2D eigenvalue weighted by molar-refractivity contribution is 0.396. The lowest BCUT2D eigenvalue weighted by Gasteiger charge is -2.06. The topological polar surface area (TPSA) is 79.9 Å². The third kappa shape index (κ3) is 3.04. The molecule has 0 aromatic carbocycles. The number of hydrogen-bond acceptors (Lipinski definition) is 6. The van der Waals surface area contributed by atoms with Crippen molar-refractivity contribution < 1.29 is 4.74 Å². The zero-order chi connectivity index (χ0) is 12.3. The second kappa shape index (κ2) is 4.96. The molecule has 6 nitrogen and oxygen atoms in total. The molecule has 0 spiro atoms. The minimum absolute atomic E-state index is 0.0572. The van der Waals surface area contributed by atoms with Crippen molar-refractivity contribution in [3.05, 3.63) is 32.6 Å². The van der Waals surface area contributed by atoms with Crippen molar-refractivity contribution in [3.63, 3.8) is 0 Å². The summed E-state index contributed by atoms with van der Waals surface area (Å²) in [5.41, 5.74) is 0.829. The Bertz CT molecular complexity index is 563. The SMILES string of the molecule is COc1cc(NCc2csc(=O)[nH]2)nc(C)n1. The van der Waals surface area contributed by atoms with Crippen LogP contribution in [-0.4, -0.2) is 22.1 Å². The summed E-state index contributed by atoms with van der Waals surface area (Å²) in [7, 11) is 1.56. The van der Waals surface area contributed by atoms with E-state index in [1.807, 2.05) is 0 Å². The van der Waals surface area contributed by atoms with Crippen LogP contribution in [-0.2, 0) is 6.54 Å². The van der Waals surface area contributed by atoms with Gasteiger partial charge < -0.3 is 15.0 Å². The van der Waals surface area contributed by atoms with E-state index >= 15 is 0 Å². The van der Waals surface area contributed by atoms with Gasteiger partial charge in [-0.1, -0.05) is 11.3 Å². The average Bonchev–Trinajstić information content (AvgIpc) is 2.72. The van der Waals surface area contributed by atoms with Gasteiger partial charge in [0.05, 0.1) is 13.7 Å². The molecule has 2 N–H and O–H groups in total. The van der Waals surface area contributed by atoms with Crippen molar-refractivity contribution in [2.24, 2.45) is 0 Å². The van der Waals surface area contributed by atoms with Crippen LogP contribution in [0.25, 0.3) is 0 Å². The minimum Gasteiger partial charge on any atom is -0.481 e. The highest BCUT2D eigenvalue weighted by Crippen LogP contribution is 2.13. The number of ether oxygens (including phenoxy) is 1. The molecule has 0 saturated heterocycles. The van der Waals surface area contributed by atoms with Gasteiger partial charge in [-0.2, -0.15) is 4.98 Å². The van der Waals surface area contributed by atoms with E-state index in [0.29, 0.717) is 24.1 Å². The summed E-state index contributed by atoms with van der Waals surface area (Å²) in [5.74, 6) is 1.81. The fourth-order valence-electron chi connectivity index (χ4n) is 1.32. The van der Waals surface area contributed by atoms with E-state index in [1.54, 1.807) is 25.5 Å². The van der Waals surface area contributed by atoms with Gasteiger partial charge in [-0.15, -0.1) is 0 Å². The molecule has 0 aliphatic carbocycles. The molecule has 0 unspecified atom stereocenters. The van der Waals surface area contributed by atoms with Crippen molar-refractivity contribution >= 4 is 17.2 Å². The standard InChI is InChI=1S/C10H12N4O2S/c1-6-12-8(3-9(13-6)16-2)11-4-7-5-17-10(15)14-7/h3,5H,4H2,1-2H3,(H,14,15)(H,11,12,13). The van der Waals surface area contributed by atoms with E-state index in [0.717, 1.165) is 17.0 Å². The van der Waals surface area contributed by atoms with Crippen molar-refractivity contribution in [3.8, 4) is 5.88 Å². The molecule has 90 valence electrons. The quantitative estimate of drug-likeness (QED) is 0.853. The van der Waals surface area contributed by atoms with Crippen molar-refractivity contribution in [2.45, 2.75) is 13.5 Å². The first-order valence-electron chi connectivity index (χ1n) is 4.97. The van der Waals surface area contributed by atoms with Gasteiger partial charge in [0.1, 0.15) is 11.6 Å². The smallest absolute Gasteiger partial charge is 0.304 e. The zero-order valence-electron chi connectivity index (χ0n) is 9.48. The molecular formula is C10H12N4O2S. The maximum atomic E-state index is 10.9. The third-order valence-corrected chi connectivity index (χ3v) is 2.77. The number of rotatable bonds is 4. The molecule has 2 heterocycles. The fourth-order valence-corrected chi connectivity index (χ4v) is 1.90. The van der Waals surface area contributed by atoms with Gasteiger partial charge in [0.25, 0.3) is 0 Å². The van der Waals surface area contributed by atoms with Crippen LogP contribution in [0.1, 0.15) is 11.5 Å². The van der Waals surface area contributed by atoms with Gasteiger partial charge >= 0.3 is 4.87 Å². The maximum Gasteiger partial charge on any atom is 0.304 e. The van der Waals surface area contributed by atoms with Crippen LogP contribution in [0.2, 0.25) is 0 Å². The van der Waals surface area contributed by atoms with Crippen LogP contribution in [0, 0.1) is 6.92 Å². The van der Waals surface area contributed by atoms with Crippen LogP contribution in [0.3, 0.4) is 0 Å². The molecule has 2 rings (SSSR count). The van der Waals surface area contributed by atoms with Gasteiger partial charge in [0.2, 0.25) is 5.88 Å². The number of hydrogen-bond donors (Lipinski definition) is 2. The molecule has 0 atom stereocenters. The fraction of sp³-hybridized carbons (Fsp3) is 0.300. The first-order chi connectivity index (χ1) is 8.17. The van der Waals surface area contributed by atoms with E-state index in [9.17, 15) is 4.79 Å². The first kappa shape index (κ1) is 11.6. The largest absolute Gasteiger partial charge is 0.481 e. The Kier molecular flexibility index (Phi) is 3.38. The summed E-state index contributed by atoms with van der Waals surface area (Å²) < 4.78 is 5.04. The number of H-pyrrole nitrogens is 1. The van der Waals surface area contributed by atoms with Gasteiger partial charge in [-0.25, -0.2) is 4.98 Å². The Morgan fingerprint density at radius 3 is 3.00 bits per heavy atom. The summed E-state index contributed by atoms with van der Waals surface area (Å²) in [5, 5.41) is 4.87. The molecule has 0 amide bonds. The number of aryl methyl sites for hydroxylation is 1. The van der Waals surface area contributed by atoms with Crippen LogP contribution in [0.5, 0.6) is 5.88 Å². The molecule has 0 aliphatic rings. The Morgan fingerprint density at radius 2 is 2.35 bits per heavy atom. The summed E-state index contributed by atoms with van der Waals surface area (Å²) in [4.78, 5) is 21.9. The van der Waals surface area contributed by atoms with Crippen LogP contribution >= 0.6 is 11.3 Å². The van der Waals surface area contributed by atoms with Crippen LogP contribution < -0.4 is 14.9 Å². The highest BCUT2D eigenvalue weighted by atomic mass is 32.1. The van der Waals surface area contributed by atoms with E-state index in [1.165, 1.54) is 0 Å². The Hall–Kier alpha value is -1.89. The molecule has 0 bridgehead atoms. The third-order valence-electron chi connectivity index (χ3n) is 2.05. The van der Waals surface area contributed by atoms with Gasteiger partial charge in [-0.3, -0.25) is 4.79 Å². The highest BCUT2D eigenvalue weighted by molar-refractivity contribution is 7.07. The molecule has 0 aliphatic heterocycles. The lowest BCUT2D eigenvalue weighted by atomic mass is 10.4. The van der Waals surface area contributed by atoms with E-state index < -0.39 is 0 Å². The highest BCUT2D eigenvalue weighted by Gasteiger charge is 2.02. The molecule has 0 fully saturated rings. The second-order valence-corrected chi connectivity index (χ2v) is 4.21. The predicted octanol–water partition coefficient (Wildman–Crippen LogP) is 1.16.